The van der Waals surface area contributed by atoms with Gasteiger partial charge in [0, 0.05) is 13.0 Å². The molecule has 0 saturated carbocycles. The van der Waals surface area contributed by atoms with Gasteiger partial charge in [0.25, 0.3) is 0 Å². The average Bonchev–Trinajstić information content (AvgIpc) is 3.01. The first-order valence-corrected chi connectivity index (χ1v) is 19.5. The van der Waals surface area contributed by atoms with Crippen LogP contribution < -0.4 is 0 Å². The molecule has 0 aromatic rings. The molecule has 0 N–H and O–H groups in total. The highest BCUT2D eigenvalue weighted by atomic mass is 16.5. The second-order valence-corrected chi connectivity index (χ2v) is 14.2. The van der Waals surface area contributed by atoms with Gasteiger partial charge in [-0.1, -0.05) is 143 Å². The van der Waals surface area contributed by atoms with E-state index >= 15 is 0 Å². The van der Waals surface area contributed by atoms with Crippen molar-refractivity contribution in [2.45, 2.75) is 200 Å². The first-order valence-electron chi connectivity index (χ1n) is 19.5. The van der Waals surface area contributed by atoms with E-state index in [0.29, 0.717) is 25.0 Å². The van der Waals surface area contributed by atoms with Crippen LogP contribution in [0.3, 0.4) is 0 Å². The van der Waals surface area contributed by atoms with Crippen molar-refractivity contribution in [2.75, 3.05) is 33.4 Å². The van der Waals surface area contributed by atoms with Gasteiger partial charge in [0.2, 0.25) is 0 Å². The molecule has 1 aliphatic heterocycles. The van der Waals surface area contributed by atoms with E-state index in [1.54, 1.807) is 0 Å². The Morgan fingerprint density at radius 1 is 0.628 bits per heavy atom. The number of nitrogens with zero attached hydrogens (tertiary/aromatic N) is 1. The van der Waals surface area contributed by atoms with Crippen molar-refractivity contribution in [3.05, 3.63) is 0 Å². The first kappa shape index (κ1) is 40.4. The fraction of sp³-hybridized carbons (Fsp3) is 0.974. The third-order valence-electron chi connectivity index (χ3n) is 9.85. The van der Waals surface area contributed by atoms with E-state index in [0.717, 1.165) is 25.4 Å². The fourth-order valence-electron chi connectivity index (χ4n) is 6.61. The van der Waals surface area contributed by atoms with Crippen LogP contribution in [-0.4, -0.2) is 50.3 Å². The fourth-order valence-corrected chi connectivity index (χ4v) is 6.61. The summed E-state index contributed by atoms with van der Waals surface area (Å²) in [6.07, 6.45) is 34.6. The highest BCUT2D eigenvalue weighted by Crippen LogP contribution is 2.22. The van der Waals surface area contributed by atoms with E-state index in [1.165, 1.54) is 167 Å². The zero-order valence-electron chi connectivity index (χ0n) is 29.8. The number of rotatable bonds is 31. The van der Waals surface area contributed by atoms with Crippen LogP contribution in [0.4, 0.5) is 0 Å². The lowest BCUT2D eigenvalue weighted by Crippen LogP contribution is -2.32. The number of carbonyl (C=O) groups excluding carboxylic acids is 1. The summed E-state index contributed by atoms with van der Waals surface area (Å²) in [5.74, 6) is 1.35. The van der Waals surface area contributed by atoms with Gasteiger partial charge < -0.3 is 14.4 Å². The third kappa shape index (κ3) is 25.3. The van der Waals surface area contributed by atoms with Crippen LogP contribution >= 0.6 is 0 Å². The van der Waals surface area contributed by atoms with E-state index in [9.17, 15) is 4.79 Å². The van der Waals surface area contributed by atoms with Crippen molar-refractivity contribution >= 4 is 5.97 Å². The molecule has 0 radical (unpaired) electrons. The summed E-state index contributed by atoms with van der Waals surface area (Å²) >= 11 is 0. The standard InChI is InChI=1S/C39H77NO3/c1-5-8-11-13-14-15-18-22-27-38(42-34-37-30-32-40(4)33-31-37)28-23-19-16-17-20-24-29-39(41)43-35-36(25-10-7-3)26-21-12-9-6-2/h36-38H,5-35H2,1-4H3. The number of esters is 1. The summed E-state index contributed by atoms with van der Waals surface area (Å²) in [6.45, 7) is 10.9. The Hall–Kier alpha value is -0.610. The van der Waals surface area contributed by atoms with Crippen LogP contribution in [0.15, 0.2) is 0 Å². The van der Waals surface area contributed by atoms with Gasteiger partial charge in [0.1, 0.15) is 0 Å². The molecule has 4 heteroatoms. The summed E-state index contributed by atoms with van der Waals surface area (Å²) in [6, 6.07) is 0. The van der Waals surface area contributed by atoms with Crippen LogP contribution in [0.25, 0.3) is 0 Å². The molecule has 0 aromatic heterocycles. The van der Waals surface area contributed by atoms with Gasteiger partial charge in [-0.2, -0.15) is 0 Å². The van der Waals surface area contributed by atoms with Gasteiger partial charge in [-0.05, 0) is 76.9 Å². The molecule has 0 amide bonds. The van der Waals surface area contributed by atoms with E-state index in [1.807, 2.05) is 0 Å². The maximum Gasteiger partial charge on any atom is 0.305 e. The Balaban J connectivity index is 2.17. The maximum atomic E-state index is 12.3. The summed E-state index contributed by atoms with van der Waals surface area (Å²) in [4.78, 5) is 14.8. The van der Waals surface area contributed by atoms with Gasteiger partial charge in [0.15, 0.2) is 0 Å². The molecule has 1 fully saturated rings. The Bertz CT molecular complexity index is 589. The molecule has 4 nitrogen and oxygen atoms in total. The Morgan fingerprint density at radius 2 is 1.09 bits per heavy atom. The summed E-state index contributed by atoms with van der Waals surface area (Å²) in [5.41, 5.74) is 0. The minimum absolute atomic E-state index is 0.0283. The SMILES string of the molecule is CCCCCCCCCCC(CCCCCCCCC(=O)OCC(CCCC)CCCCCC)OCC1CCN(C)CC1. The number of carbonyl (C=O) groups is 1. The minimum Gasteiger partial charge on any atom is -0.465 e. The van der Waals surface area contributed by atoms with Crippen LogP contribution in [0.2, 0.25) is 0 Å². The Morgan fingerprint density at radius 3 is 1.67 bits per heavy atom. The lowest BCUT2D eigenvalue weighted by Gasteiger charge is -2.30. The molecular weight excluding hydrogens is 530 g/mol. The molecule has 0 spiro atoms. The molecule has 256 valence electrons. The molecule has 2 unspecified atom stereocenters. The molecule has 1 aliphatic rings. The smallest absolute Gasteiger partial charge is 0.305 e. The monoisotopic (exact) mass is 608 g/mol. The second-order valence-electron chi connectivity index (χ2n) is 14.2. The van der Waals surface area contributed by atoms with Crippen molar-refractivity contribution < 1.29 is 14.3 Å². The predicted octanol–water partition coefficient (Wildman–Crippen LogP) is 11.7. The van der Waals surface area contributed by atoms with Crippen LogP contribution in [0.5, 0.6) is 0 Å². The van der Waals surface area contributed by atoms with Gasteiger partial charge in [-0.3, -0.25) is 4.79 Å². The Kier molecular flexibility index (Phi) is 28.3. The number of likely N-dealkylation sites (tertiary alicyclic amines) is 1. The van der Waals surface area contributed by atoms with Gasteiger partial charge in [-0.15, -0.1) is 0 Å². The molecule has 0 aromatic carbocycles. The average molecular weight is 608 g/mol. The van der Waals surface area contributed by atoms with Gasteiger partial charge >= 0.3 is 5.97 Å². The molecule has 1 saturated heterocycles. The highest BCUT2D eigenvalue weighted by molar-refractivity contribution is 5.69. The molecule has 2 atom stereocenters. The Labute approximate surface area is 270 Å². The molecule has 43 heavy (non-hydrogen) atoms. The van der Waals surface area contributed by atoms with E-state index in [-0.39, 0.29) is 5.97 Å². The van der Waals surface area contributed by atoms with E-state index < -0.39 is 0 Å². The topological polar surface area (TPSA) is 38.8 Å². The number of ether oxygens (including phenoxy) is 2. The zero-order valence-corrected chi connectivity index (χ0v) is 29.8. The molecule has 0 aliphatic carbocycles. The molecule has 0 bridgehead atoms. The van der Waals surface area contributed by atoms with Crippen molar-refractivity contribution in [1.82, 2.24) is 4.90 Å². The van der Waals surface area contributed by atoms with Crippen molar-refractivity contribution in [1.29, 1.82) is 0 Å². The van der Waals surface area contributed by atoms with Gasteiger partial charge in [-0.25, -0.2) is 0 Å². The first-order chi connectivity index (χ1) is 21.1. The van der Waals surface area contributed by atoms with Gasteiger partial charge in [0.05, 0.1) is 12.7 Å². The van der Waals surface area contributed by atoms with Crippen molar-refractivity contribution in [3.63, 3.8) is 0 Å². The number of unbranched alkanes of at least 4 members (excludes halogenated alkanes) is 16. The van der Waals surface area contributed by atoms with Crippen molar-refractivity contribution in [3.8, 4) is 0 Å². The second kappa shape index (κ2) is 30.1. The summed E-state index contributed by atoms with van der Waals surface area (Å²) in [7, 11) is 2.24. The third-order valence-corrected chi connectivity index (χ3v) is 9.85. The summed E-state index contributed by atoms with van der Waals surface area (Å²) in [5, 5.41) is 0. The van der Waals surface area contributed by atoms with Crippen LogP contribution in [0, 0.1) is 11.8 Å². The highest BCUT2D eigenvalue weighted by Gasteiger charge is 2.19. The maximum absolute atomic E-state index is 12.3. The largest absolute Gasteiger partial charge is 0.465 e. The quantitative estimate of drug-likeness (QED) is 0.0580. The molecule has 1 rings (SSSR count). The number of piperidine rings is 1. The van der Waals surface area contributed by atoms with Crippen molar-refractivity contribution in [2.24, 2.45) is 11.8 Å². The number of hydrogen-bond acceptors (Lipinski definition) is 4. The number of hydrogen-bond donors (Lipinski definition) is 0. The lowest BCUT2D eigenvalue weighted by molar-refractivity contribution is -0.145. The lowest BCUT2D eigenvalue weighted by atomic mass is 9.96. The van der Waals surface area contributed by atoms with E-state index in [4.69, 9.17) is 9.47 Å². The molecular formula is C39H77NO3. The predicted molar refractivity (Wildman–Crippen MR) is 187 cm³/mol. The minimum atomic E-state index is 0.0283. The van der Waals surface area contributed by atoms with E-state index in [2.05, 4.69) is 32.7 Å². The molecule has 1 heterocycles. The normalized spacial score (nSPS) is 16.0. The van der Waals surface area contributed by atoms with Crippen LogP contribution in [-0.2, 0) is 14.3 Å². The zero-order chi connectivity index (χ0) is 31.2. The summed E-state index contributed by atoms with van der Waals surface area (Å²) < 4.78 is 12.3. The van der Waals surface area contributed by atoms with Crippen LogP contribution in [0.1, 0.15) is 194 Å².